The molecule has 0 amide bonds. The van der Waals surface area contributed by atoms with Gasteiger partial charge in [0.25, 0.3) is 0 Å². The Morgan fingerprint density at radius 1 is 1.43 bits per heavy atom. The Balaban J connectivity index is 3.08. The molecular formula is C15H27N3O2S. The average molecular weight is 313 g/mol. The highest BCUT2D eigenvalue weighted by atomic mass is 32.2. The summed E-state index contributed by atoms with van der Waals surface area (Å²) >= 11 is 0. The molecule has 0 aliphatic rings. The summed E-state index contributed by atoms with van der Waals surface area (Å²) < 4.78 is 28.5. The van der Waals surface area contributed by atoms with E-state index in [1.54, 1.807) is 19.3 Å². The molecule has 120 valence electrons. The summed E-state index contributed by atoms with van der Waals surface area (Å²) in [6, 6.07) is 1.77. The molecule has 5 nitrogen and oxygen atoms in total. The monoisotopic (exact) mass is 313 g/mol. The summed E-state index contributed by atoms with van der Waals surface area (Å²) in [5, 5.41) is 3.25. The van der Waals surface area contributed by atoms with Gasteiger partial charge in [0.15, 0.2) is 0 Å². The van der Waals surface area contributed by atoms with Crippen LogP contribution in [0.5, 0.6) is 0 Å². The Labute approximate surface area is 128 Å². The number of nitrogens with one attached hydrogen (secondary N) is 1. The second kappa shape index (κ2) is 7.77. The topological polar surface area (TPSA) is 54.3 Å². The summed E-state index contributed by atoms with van der Waals surface area (Å²) in [5.41, 5.74) is 1.82. The Morgan fingerprint density at radius 3 is 2.62 bits per heavy atom. The van der Waals surface area contributed by atoms with E-state index in [0.29, 0.717) is 18.0 Å². The van der Waals surface area contributed by atoms with Gasteiger partial charge in [-0.05, 0) is 26.0 Å². The first kappa shape index (κ1) is 17.9. The zero-order valence-corrected chi connectivity index (χ0v) is 14.3. The minimum atomic E-state index is -3.46. The van der Waals surface area contributed by atoms with E-state index in [-0.39, 0.29) is 0 Å². The summed E-state index contributed by atoms with van der Waals surface area (Å²) in [5.74, 6) is 0. The lowest BCUT2D eigenvalue weighted by molar-refractivity contribution is 0.492. The normalized spacial score (nSPS) is 12.0. The second-order valence-electron chi connectivity index (χ2n) is 5.36. The minimum absolute atomic E-state index is 0.337. The lowest BCUT2D eigenvalue weighted by Crippen LogP contribution is -2.28. The van der Waals surface area contributed by atoms with Crippen LogP contribution < -0.4 is 5.32 Å². The van der Waals surface area contributed by atoms with Gasteiger partial charge in [0.1, 0.15) is 4.90 Å². The van der Waals surface area contributed by atoms with E-state index < -0.39 is 10.0 Å². The molecule has 0 spiro atoms. The smallest absolute Gasteiger partial charge is 0.244 e. The molecular weight excluding hydrogens is 286 g/mol. The molecule has 0 aliphatic heterocycles. The van der Waals surface area contributed by atoms with Gasteiger partial charge in [-0.25, -0.2) is 8.42 Å². The third-order valence-corrected chi connectivity index (χ3v) is 4.95. The Bertz CT molecular complexity index is 576. The molecule has 1 aromatic heterocycles. The van der Waals surface area contributed by atoms with Crippen LogP contribution in [0.15, 0.2) is 29.3 Å². The third kappa shape index (κ3) is 4.69. The molecule has 0 bridgehead atoms. The first-order valence-corrected chi connectivity index (χ1v) is 8.77. The number of likely N-dealkylation sites (N-methyl/N-ethyl adjacent to an activating group) is 1. The number of sulfonamides is 1. The van der Waals surface area contributed by atoms with Gasteiger partial charge < -0.3 is 9.88 Å². The standard InChI is InChI=1S/C15H27N3O2S/c1-6-8-18-12-15(9-14(18)10-16-7-2)21(19,20)17(5)11-13(3)4/h9,12,16H,3,6-8,10-11H2,1-2,4-5H3. The Hall–Kier alpha value is -1.11. The highest BCUT2D eigenvalue weighted by Crippen LogP contribution is 2.19. The van der Waals surface area contributed by atoms with Crippen LogP contribution in [-0.2, 0) is 23.1 Å². The Kier molecular flexibility index (Phi) is 6.64. The molecule has 0 atom stereocenters. The van der Waals surface area contributed by atoms with Crippen molar-refractivity contribution in [3.05, 3.63) is 30.1 Å². The maximum absolute atomic E-state index is 12.6. The number of aromatic nitrogens is 1. The van der Waals surface area contributed by atoms with Crippen LogP contribution in [0.2, 0.25) is 0 Å². The average Bonchev–Trinajstić information content (AvgIpc) is 2.80. The molecule has 0 unspecified atom stereocenters. The predicted molar refractivity (Wildman–Crippen MR) is 86.7 cm³/mol. The maximum atomic E-state index is 12.6. The molecule has 0 saturated heterocycles. The van der Waals surface area contributed by atoms with Crippen molar-refractivity contribution < 1.29 is 8.42 Å². The summed E-state index contributed by atoms with van der Waals surface area (Å²) in [7, 11) is -1.87. The van der Waals surface area contributed by atoms with Gasteiger partial charge in [0, 0.05) is 38.6 Å². The molecule has 1 rings (SSSR count). The lowest BCUT2D eigenvalue weighted by Gasteiger charge is -2.15. The SMILES string of the molecule is C=C(C)CN(C)S(=O)(=O)c1cc(CNCC)n(CCC)c1. The highest BCUT2D eigenvalue weighted by Gasteiger charge is 2.23. The van der Waals surface area contributed by atoms with Crippen molar-refractivity contribution in [2.24, 2.45) is 0 Å². The van der Waals surface area contributed by atoms with E-state index in [4.69, 9.17) is 0 Å². The number of hydrogen-bond donors (Lipinski definition) is 1. The van der Waals surface area contributed by atoms with Crippen LogP contribution in [0, 0.1) is 0 Å². The van der Waals surface area contributed by atoms with Crippen LogP contribution >= 0.6 is 0 Å². The third-order valence-electron chi connectivity index (χ3n) is 3.18. The van der Waals surface area contributed by atoms with E-state index in [0.717, 1.165) is 30.8 Å². The van der Waals surface area contributed by atoms with Gasteiger partial charge in [-0.3, -0.25) is 0 Å². The molecule has 0 fully saturated rings. The van der Waals surface area contributed by atoms with Crippen molar-refractivity contribution in [1.82, 2.24) is 14.2 Å². The van der Waals surface area contributed by atoms with E-state index in [1.165, 1.54) is 4.31 Å². The molecule has 0 aromatic carbocycles. The van der Waals surface area contributed by atoms with Crippen molar-refractivity contribution in [2.45, 2.75) is 45.2 Å². The predicted octanol–water partition coefficient (Wildman–Crippen LogP) is 2.20. The van der Waals surface area contributed by atoms with Crippen LogP contribution in [0.1, 0.15) is 32.9 Å². The van der Waals surface area contributed by atoms with Gasteiger partial charge in [-0.2, -0.15) is 4.31 Å². The van der Waals surface area contributed by atoms with Gasteiger partial charge in [0.05, 0.1) is 0 Å². The number of nitrogens with zero attached hydrogens (tertiary/aromatic N) is 2. The van der Waals surface area contributed by atoms with Gasteiger partial charge >= 0.3 is 0 Å². The zero-order valence-electron chi connectivity index (χ0n) is 13.5. The molecule has 0 aliphatic carbocycles. The van der Waals surface area contributed by atoms with Gasteiger partial charge in [-0.1, -0.05) is 26.0 Å². The van der Waals surface area contributed by atoms with E-state index in [1.807, 2.05) is 18.4 Å². The van der Waals surface area contributed by atoms with Crippen molar-refractivity contribution >= 4 is 10.0 Å². The fourth-order valence-corrected chi connectivity index (χ4v) is 3.46. The minimum Gasteiger partial charge on any atom is -0.349 e. The fourth-order valence-electron chi connectivity index (χ4n) is 2.16. The highest BCUT2D eigenvalue weighted by molar-refractivity contribution is 7.89. The number of hydrogen-bond acceptors (Lipinski definition) is 3. The molecule has 1 N–H and O–H groups in total. The molecule has 1 aromatic rings. The van der Waals surface area contributed by atoms with Crippen LogP contribution in [0.4, 0.5) is 0 Å². The Morgan fingerprint density at radius 2 is 2.10 bits per heavy atom. The van der Waals surface area contributed by atoms with E-state index >= 15 is 0 Å². The summed E-state index contributed by atoms with van der Waals surface area (Å²) in [4.78, 5) is 0.354. The van der Waals surface area contributed by atoms with Crippen molar-refractivity contribution in [1.29, 1.82) is 0 Å². The first-order chi connectivity index (χ1) is 9.82. The van der Waals surface area contributed by atoms with Gasteiger partial charge in [0.2, 0.25) is 10.0 Å². The number of aryl methyl sites for hydroxylation is 1. The van der Waals surface area contributed by atoms with Crippen LogP contribution in [-0.4, -0.2) is 37.4 Å². The van der Waals surface area contributed by atoms with Crippen LogP contribution in [0.3, 0.4) is 0 Å². The molecule has 1 heterocycles. The number of rotatable bonds is 9. The van der Waals surface area contributed by atoms with Crippen molar-refractivity contribution in [2.75, 3.05) is 20.1 Å². The van der Waals surface area contributed by atoms with Crippen molar-refractivity contribution in [3.8, 4) is 0 Å². The molecule has 0 saturated carbocycles. The fraction of sp³-hybridized carbons (Fsp3) is 0.600. The van der Waals surface area contributed by atoms with E-state index in [2.05, 4.69) is 18.8 Å². The van der Waals surface area contributed by atoms with Crippen LogP contribution in [0.25, 0.3) is 0 Å². The largest absolute Gasteiger partial charge is 0.349 e. The van der Waals surface area contributed by atoms with Crippen molar-refractivity contribution in [3.63, 3.8) is 0 Å². The van der Waals surface area contributed by atoms with Gasteiger partial charge in [-0.15, -0.1) is 0 Å². The molecule has 6 heteroatoms. The quantitative estimate of drug-likeness (QED) is 0.711. The lowest BCUT2D eigenvalue weighted by atomic mass is 10.4. The molecule has 21 heavy (non-hydrogen) atoms. The zero-order chi connectivity index (χ0) is 16.0. The van der Waals surface area contributed by atoms with E-state index in [9.17, 15) is 8.42 Å². The summed E-state index contributed by atoms with van der Waals surface area (Å²) in [6.45, 7) is 12.4. The first-order valence-electron chi connectivity index (χ1n) is 7.33. The second-order valence-corrected chi connectivity index (χ2v) is 7.40. The maximum Gasteiger partial charge on any atom is 0.244 e. The summed E-state index contributed by atoms with van der Waals surface area (Å²) in [6.07, 6.45) is 2.70. The molecule has 0 radical (unpaired) electrons.